The number of rotatable bonds is 11. The van der Waals surface area contributed by atoms with Crippen LogP contribution < -0.4 is 0 Å². The van der Waals surface area contributed by atoms with Crippen molar-refractivity contribution < 1.29 is 43.2 Å². The SMILES string of the molecule is COC(=O)CCc1c(CC(=O)OC)c2cc3nc(cc4nc(cc5[nH]c(cc1[nH]2)c(CCC(=O)OC)c5CC(=O)OC)C(C)=C4CO)C(C)=C3C. The predicted molar refractivity (Wildman–Crippen MR) is 191 cm³/mol. The van der Waals surface area contributed by atoms with Gasteiger partial charge in [0.15, 0.2) is 0 Å². The zero-order chi connectivity index (χ0) is 37.0. The van der Waals surface area contributed by atoms with Gasteiger partial charge in [0.2, 0.25) is 0 Å². The Kier molecular flexibility index (Phi) is 11.2. The number of esters is 4. The molecule has 0 fully saturated rings. The fourth-order valence-corrected chi connectivity index (χ4v) is 6.40. The number of H-pyrrole nitrogens is 2. The molecular weight excluding hydrogens is 656 g/mol. The van der Waals surface area contributed by atoms with Crippen molar-refractivity contribution in [2.45, 2.75) is 59.3 Å². The minimum Gasteiger partial charge on any atom is -0.469 e. The first-order chi connectivity index (χ1) is 24.4. The lowest BCUT2D eigenvalue weighted by molar-refractivity contribution is -0.141. The molecule has 3 aromatic heterocycles. The summed E-state index contributed by atoms with van der Waals surface area (Å²) in [5, 5.41) is 10.4. The van der Waals surface area contributed by atoms with E-state index >= 15 is 0 Å². The second kappa shape index (κ2) is 15.5. The fourth-order valence-electron chi connectivity index (χ4n) is 6.40. The minimum absolute atomic E-state index is 0.0279. The van der Waals surface area contributed by atoms with Crippen LogP contribution in [0.4, 0.5) is 0 Å². The van der Waals surface area contributed by atoms with Gasteiger partial charge in [-0.3, -0.25) is 19.2 Å². The summed E-state index contributed by atoms with van der Waals surface area (Å²) in [6.07, 6.45) is 0.314. The summed E-state index contributed by atoms with van der Waals surface area (Å²) >= 11 is 0. The Balaban J connectivity index is 1.99. The van der Waals surface area contributed by atoms with Gasteiger partial charge in [0.05, 0.1) is 70.7 Å². The average molecular weight is 699 g/mol. The molecule has 3 N–H and O–H groups in total. The molecule has 0 radical (unpaired) electrons. The number of aliphatic hydroxyl groups excluding tert-OH is 1. The molecule has 2 aliphatic rings. The molecule has 0 saturated heterocycles. The first kappa shape index (κ1) is 36.7. The molecule has 0 saturated carbocycles. The van der Waals surface area contributed by atoms with Crippen LogP contribution in [0.3, 0.4) is 0 Å². The normalized spacial score (nSPS) is 12.6. The lowest BCUT2D eigenvalue weighted by Gasteiger charge is -2.06. The van der Waals surface area contributed by atoms with Crippen molar-refractivity contribution in [3.8, 4) is 0 Å². The molecule has 13 heteroatoms. The molecule has 0 atom stereocenters. The van der Waals surface area contributed by atoms with Crippen molar-refractivity contribution in [2.24, 2.45) is 0 Å². The zero-order valence-corrected chi connectivity index (χ0v) is 29.9. The van der Waals surface area contributed by atoms with E-state index in [9.17, 15) is 24.3 Å². The summed E-state index contributed by atoms with van der Waals surface area (Å²) in [5.41, 5.74) is 10.6. The fraction of sp³-hybridized carbons (Fsp3) is 0.368. The maximum atomic E-state index is 12.8. The molecular formula is C38H42N4O9. The number of nitrogens with zero attached hydrogens (tertiary/aromatic N) is 2. The third-order valence-corrected chi connectivity index (χ3v) is 9.52. The highest BCUT2D eigenvalue weighted by Crippen LogP contribution is 2.35. The largest absolute Gasteiger partial charge is 0.469 e. The lowest BCUT2D eigenvalue weighted by atomic mass is 10.00. The van der Waals surface area contributed by atoms with Gasteiger partial charge >= 0.3 is 23.9 Å². The maximum absolute atomic E-state index is 12.8. The van der Waals surface area contributed by atoms with Gasteiger partial charge in [-0.15, -0.1) is 0 Å². The Bertz CT molecular complexity index is 2150. The number of aliphatic hydroxyl groups is 1. The second-order valence-electron chi connectivity index (χ2n) is 12.3. The topological polar surface area (TPSA) is 183 Å². The number of ether oxygens (including phenoxy) is 4. The quantitative estimate of drug-likeness (QED) is 0.184. The zero-order valence-electron chi connectivity index (χ0n) is 29.9. The van der Waals surface area contributed by atoms with Crippen molar-refractivity contribution in [2.75, 3.05) is 35.0 Å². The number of aromatic nitrogens is 4. The maximum Gasteiger partial charge on any atom is 0.310 e. The number of carbonyl (C=O) groups is 4. The lowest BCUT2D eigenvalue weighted by Crippen LogP contribution is -2.08. The molecule has 268 valence electrons. The van der Waals surface area contributed by atoms with Gasteiger partial charge < -0.3 is 34.0 Å². The van der Waals surface area contributed by atoms with E-state index in [-0.39, 0.29) is 45.1 Å². The number of aryl methyl sites for hydroxylation is 2. The van der Waals surface area contributed by atoms with Crippen molar-refractivity contribution in [1.82, 2.24) is 19.9 Å². The van der Waals surface area contributed by atoms with Gasteiger partial charge in [-0.05, 0) is 96.9 Å². The van der Waals surface area contributed by atoms with Crippen LogP contribution in [0.2, 0.25) is 0 Å². The smallest absolute Gasteiger partial charge is 0.310 e. The van der Waals surface area contributed by atoms with E-state index in [0.717, 1.165) is 16.7 Å². The summed E-state index contributed by atoms with van der Waals surface area (Å²) in [6, 6.07) is 7.35. The predicted octanol–water partition coefficient (Wildman–Crippen LogP) is 4.83. The number of methoxy groups -OCH3 is 4. The summed E-state index contributed by atoms with van der Waals surface area (Å²) in [5.74, 6) is -1.82. The van der Waals surface area contributed by atoms with Gasteiger partial charge in [0, 0.05) is 40.5 Å². The van der Waals surface area contributed by atoms with E-state index < -0.39 is 23.9 Å². The summed E-state index contributed by atoms with van der Waals surface area (Å²) in [7, 11) is 5.25. The van der Waals surface area contributed by atoms with E-state index in [4.69, 9.17) is 28.9 Å². The van der Waals surface area contributed by atoms with E-state index in [2.05, 4.69) is 9.97 Å². The highest BCUT2D eigenvalue weighted by molar-refractivity contribution is 5.96. The number of hydrogen-bond acceptors (Lipinski definition) is 11. The minimum atomic E-state index is -0.489. The van der Waals surface area contributed by atoms with E-state index in [0.29, 0.717) is 72.7 Å². The summed E-state index contributed by atoms with van der Waals surface area (Å²) < 4.78 is 20.0. The Labute approximate surface area is 294 Å². The van der Waals surface area contributed by atoms with Gasteiger partial charge in [-0.2, -0.15) is 0 Å². The molecule has 0 aromatic carbocycles. The highest BCUT2D eigenvalue weighted by atomic mass is 16.5. The standard InChI is InChI=1S/C38H42N4O9/c1-19-20(2)28-15-34-26(18-43)21(3)29(40-34)16-33-25(13-38(47)51-7)23(9-11-36(45)49-5)31(42-33)17-30-22(8-10-35(44)48-4)24(12-37(46)50-6)32(41-30)14-27(19)39-28/h14-17,41-43H,8-13,18H2,1-7H3. The van der Waals surface area contributed by atoms with Crippen molar-refractivity contribution in [3.05, 3.63) is 69.3 Å². The first-order valence-corrected chi connectivity index (χ1v) is 16.5. The molecule has 0 unspecified atom stereocenters. The van der Waals surface area contributed by atoms with Crippen LogP contribution >= 0.6 is 0 Å². The molecule has 13 nitrogen and oxygen atoms in total. The summed E-state index contributed by atoms with van der Waals surface area (Å²) in [6.45, 7) is 5.54. The second-order valence-corrected chi connectivity index (χ2v) is 12.3. The van der Waals surface area contributed by atoms with Crippen LogP contribution in [0.15, 0.2) is 24.3 Å². The van der Waals surface area contributed by atoms with Crippen molar-refractivity contribution in [1.29, 1.82) is 0 Å². The monoisotopic (exact) mass is 698 g/mol. The molecule has 8 bridgehead atoms. The molecule has 0 spiro atoms. The van der Waals surface area contributed by atoms with Crippen LogP contribution in [-0.2, 0) is 63.8 Å². The highest BCUT2D eigenvalue weighted by Gasteiger charge is 2.23. The van der Waals surface area contributed by atoms with Crippen LogP contribution in [0, 0.1) is 0 Å². The third-order valence-electron chi connectivity index (χ3n) is 9.52. The molecule has 51 heavy (non-hydrogen) atoms. The molecule has 2 aliphatic heterocycles. The van der Waals surface area contributed by atoms with E-state index in [1.54, 1.807) is 0 Å². The number of allylic oxidation sites excluding steroid dienone is 3. The molecule has 0 aliphatic carbocycles. The van der Waals surface area contributed by atoms with E-state index in [1.807, 2.05) is 45.0 Å². The van der Waals surface area contributed by atoms with Crippen molar-refractivity contribution >= 4 is 68.2 Å². The molecule has 0 amide bonds. The van der Waals surface area contributed by atoms with Gasteiger partial charge in [0.1, 0.15) is 0 Å². The van der Waals surface area contributed by atoms with Crippen LogP contribution in [-0.4, -0.2) is 84.0 Å². The summed E-state index contributed by atoms with van der Waals surface area (Å²) in [4.78, 5) is 67.2. The number of hydrogen-bond donors (Lipinski definition) is 3. The number of nitrogens with one attached hydrogen (secondary N) is 2. The number of aromatic amines is 2. The molecule has 5 heterocycles. The Morgan fingerprint density at radius 1 is 0.549 bits per heavy atom. The third kappa shape index (κ3) is 7.63. The first-order valence-electron chi connectivity index (χ1n) is 16.5. The Morgan fingerprint density at radius 2 is 0.941 bits per heavy atom. The van der Waals surface area contributed by atoms with Crippen LogP contribution in [0.1, 0.15) is 78.6 Å². The molecule has 3 aromatic rings. The Hall–Kier alpha value is -5.56. The van der Waals surface area contributed by atoms with Gasteiger partial charge in [0.25, 0.3) is 0 Å². The number of fused-ring (bicyclic) bond motifs is 8. The van der Waals surface area contributed by atoms with Gasteiger partial charge in [-0.25, -0.2) is 9.97 Å². The van der Waals surface area contributed by atoms with Crippen LogP contribution in [0.25, 0.3) is 44.4 Å². The van der Waals surface area contributed by atoms with E-state index in [1.165, 1.54) is 28.4 Å². The van der Waals surface area contributed by atoms with Crippen molar-refractivity contribution in [3.63, 3.8) is 0 Å². The van der Waals surface area contributed by atoms with Gasteiger partial charge in [-0.1, -0.05) is 0 Å². The van der Waals surface area contributed by atoms with Crippen LogP contribution in [0.5, 0.6) is 0 Å². The average Bonchev–Trinajstić information content (AvgIpc) is 3.79. The molecule has 5 rings (SSSR count). The number of carbonyl (C=O) groups excluding carboxylic acids is 4. The Morgan fingerprint density at radius 3 is 1.37 bits per heavy atom.